The molecule has 6 nitrogen and oxygen atoms in total. The molecule has 0 radical (unpaired) electrons. The third kappa shape index (κ3) is 4.31. The molecule has 0 saturated carbocycles. The van der Waals surface area contributed by atoms with E-state index in [0.29, 0.717) is 11.8 Å². The van der Waals surface area contributed by atoms with Crippen LogP contribution in [-0.4, -0.2) is 58.3 Å². The lowest BCUT2D eigenvalue weighted by Crippen LogP contribution is -2.47. The van der Waals surface area contributed by atoms with Crippen LogP contribution in [0.15, 0.2) is 71.7 Å². The van der Waals surface area contributed by atoms with Gasteiger partial charge in [-0.05, 0) is 47.2 Å². The van der Waals surface area contributed by atoms with E-state index in [1.807, 2.05) is 0 Å². The van der Waals surface area contributed by atoms with Gasteiger partial charge in [0.1, 0.15) is 0 Å². The number of ether oxygens (including phenoxy) is 1. The summed E-state index contributed by atoms with van der Waals surface area (Å²) >= 11 is 0. The van der Waals surface area contributed by atoms with Crippen molar-refractivity contribution in [2.75, 3.05) is 39.4 Å². The molecule has 6 heteroatoms. The van der Waals surface area contributed by atoms with Gasteiger partial charge >= 0.3 is 0 Å². The predicted octanol–water partition coefficient (Wildman–Crippen LogP) is 4.46. The SMILES string of the molecule is Cn1cc(CN2CC3CC(C2)c2ccc(-c4ccccc4CN4CCOCC4)c(=O)n2C3)c2ccccc21. The van der Waals surface area contributed by atoms with Crippen LogP contribution in [0.3, 0.4) is 0 Å². The minimum atomic E-state index is 0.175. The number of piperidine rings is 1. The molecule has 0 N–H and O–H groups in total. The van der Waals surface area contributed by atoms with Gasteiger partial charge in [-0.25, -0.2) is 0 Å². The van der Waals surface area contributed by atoms with Gasteiger partial charge in [-0.3, -0.25) is 14.6 Å². The molecular weight excluding hydrogens is 472 g/mol. The zero-order valence-electron chi connectivity index (χ0n) is 22.2. The maximum Gasteiger partial charge on any atom is 0.258 e. The molecule has 38 heavy (non-hydrogen) atoms. The highest BCUT2D eigenvalue weighted by Crippen LogP contribution is 2.37. The summed E-state index contributed by atoms with van der Waals surface area (Å²) in [6.45, 7) is 8.13. The van der Waals surface area contributed by atoms with Crippen LogP contribution < -0.4 is 5.56 Å². The van der Waals surface area contributed by atoms with Gasteiger partial charge < -0.3 is 13.9 Å². The van der Waals surface area contributed by atoms with Crippen LogP contribution in [-0.2, 0) is 31.4 Å². The van der Waals surface area contributed by atoms with Crippen LogP contribution in [0.2, 0.25) is 0 Å². The highest BCUT2D eigenvalue weighted by molar-refractivity contribution is 5.83. The molecule has 0 spiro atoms. The van der Waals surface area contributed by atoms with Gasteiger partial charge in [-0.2, -0.15) is 0 Å². The number of aromatic nitrogens is 2. The third-order valence-electron chi connectivity index (χ3n) is 8.86. The Kier molecular flexibility index (Phi) is 6.19. The molecule has 2 unspecified atom stereocenters. The maximum atomic E-state index is 13.9. The number of morpholine rings is 1. The van der Waals surface area contributed by atoms with E-state index in [2.05, 4.69) is 92.8 Å². The molecule has 2 fully saturated rings. The van der Waals surface area contributed by atoms with Crippen molar-refractivity contribution in [3.63, 3.8) is 0 Å². The van der Waals surface area contributed by atoms with Gasteiger partial charge in [0.25, 0.3) is 5.56 Å². The van der Waals surface area contributed by atoms with E-state index in [1.165, 1.54) is 34.1 Å². The Bertz CT molecular complexity index is 1530. The van der Waals surface area contributed by atoms with E-state index < -0.39 is 0 Å². The Labute approximate surface area is 224 Å². The average Bonchev–Trinajstić information content (AvgIpc) is 3.25. The fourth-order valence-corrected chi connectivity index (χ4v) is 7.09. The van der Waals surface area contributed by atoms with Crippen molar-refractivity contribution in [2.45, 2.75) is 32.0 Å². The predicted molar refractivity (Wildman–Crippen MR) is 151 cm³/mol. The van der Waals surface area contributed by atoms with Gasteiger partial charge in [-0.15, -0.1) is 0 Å². The van der Waals surface area contributed by atoms with Crippen molar-refractivity contribution in [3.8, 4) is 11.1 Å². The van der Waals surface area contributed by atoms with E-state index in [0.717, 1.165) is 70.2 Å². The Morgan fingerprint density at radius 3 is 2.50 bits per heavy atom. The molecule has 2 atom stereocenters. The summed E-state index contributed by atoms with van der Waals surface area (Å²) in [6.07, 6.45) is 3.46. The summed E-state index contributed by atoms with van der Waals surface area (Å²) < 4.78 is 9.88. The number of hydrogen-bond donors (Lipinski definition) is 0. The van der Waals surface area contributed by atoms with Gasteiger partial charge in [0.2, 0.25) is 0 Å². The van der Waals surface area contributed by atoms with Crippen LogP contribution in [0.5, 0.6) is 0 Å². The van der Waals surface area contributed by atoms with Crippen molar-refractivity contribution in [2.24, 2.45) is 13.0 Å². The van der Waals surface area contributed by atoms with Gasteiger partial charge in [0.05, 0.1) is 13.2 Å². The number of rotatable bonds is 5. The van der Waals surface area contributed by atoms with E-state index in [1.54, 1.807) is 0 Å². The molecule has 2 saturated heterocycles. The number of pyridine rings is 1. The van der Waals surface area contributed by atoms with Crippen molar-refractivity contribution in [1.82, 2.24) is 18.9 Å². The number of fused-ring (bicyclic) bond motifs is 5. The zero-order valence-corrected chi connectivity index (χ0v) is 22.2. The summed E-state index contributed by atoms with van der Waals surface area (Å²) in [5.41, 5.74) is 7.21. The van der Waals surface area contributed by atoms with Crippen molar-refractivity contribution in [1.29, 1.82) is 0 Å². The lowest BCUT2D eigenvalue weighted by molar-refractivity contribution is 0.0342. The van der Waals surface area contributed by atoms with Crippen LogP contribution in [0, 0.1) is 5.92 Å². The monoisotopic (exact) mass is 508 g/mol. The van der Waals surface area contributed by atoms with Crippen LogP contribution in [0.1, 0.15) is 29.2 Å². The first kappa shape index (κ1) is 23.9. The quantitative estimate of drug-likeness (QED) is 0.399. The van der Waals surface area contributed by atoms with Gasteiger partial charge in [0.15, 0.2) is 0 Å². The fourth-order valence-electron chi connectivity index (χ4n) is 7.09. The first-order valence-corrected chi connectivity index (χ1v) is 14.0. The minimum absolute atomic E-state index is 0.175. The Morgan fingerprint density at radius 2 is 1.61 bits per heavy atom. The van der Waals surface area contributed by atoms with E-state index in [9.17, 15) is 4.79 Å². The first-order chi connectivity index (χ1) is 18.6. The summed E-state index contributed by atoms with van der Waals surface area (Å²) in [5, 5.41) is 1.35. The van der Waals surface area contributed by atoms with Crippen LogP contribution >= 0.6 is 0 Å². The Hall–Kier alpha value is -3.19. The van der Waals surface area contributed by atoms with Crippen LogP contribution in [0.25, 0.3) is 22.0 Å². The number of aryl methyl sites for hydroxylation is 1. The average molecular weight is 509 g/mol. The topological polar surface area (TPSA) is 42.6 Å². The van der Waals surface area contributed by atoms with Crippen molar-refractivity contribution < 1.29 is 4.74 Å². The van der Waals surface area contributed by atoms with Crippen molar-refractivity contribution in [3.05, 3.63) is 94.0 Å². The summed E-state index contributed by atoms with van der Waals surface area (Å²) in [4.78, 5) is 19.0. The molecule has 3 aliphatic rings. The summed E-state index contributed by atoms with van der Waals surface area (Å²) in [5.74, 6) is 0.913. The molecule has 7 rings (SSSR count). The Morgan fingerprint density at radius 1 is 0.816 bits per heavy atom. The maximum absolute atomic E-state index is 13.9. The number of benzene rings is 2. The zero-order chi connectivity index (χ0) is 25.6. The summed E-state index contributed by atoms with van der Waals surface area (Å²) in [6, 6.07) is 21.5. The largest absolute Gasteiger partial charge is 0.379 e. The molecule has 2 aromatic heterocycles. The molecular formula is C32H36N4O2. The fraction of sp³-hybridized carbons (Fsp3) is 0.406. The normalized spacial score (nSPS) is 22.0. The standard InChI is InChI=1S/C32H36N4O2/c1-33-19-26(28-8-4-5-9-31(28)33)22-35-17-23-16-25(21-35)30-11-10-29(32(37)36(30)18-23)27-7-3-2-6-24(27)20-34-12-14-38-15-13-34/h2-11,19,23,25H,12-18,20-22H2,1H3. The second kappa shape index (κ2) is 9.84. The number of para-hydroxylation sites is 1. The highest BCUT2D eigenvalue weighted by atomic mass is 16.5. The molecule has 0 amide bonds. The van der Waals surface area contributed by atoms with E-state index in [4.69, 9.17) is 4.74 Å². The van der Waals surface area contributed by atoms with Crippen LogP contribution in [0.4, 0.5) is 0 Å². The number of likely N-dealkylation sites (tertiary alicyclic amines) is 1. The lowest BCUT2D eigenvalue weighted by atomic mass is 9.82. The van der Waals surface area contributed by atoms with Gasteiger partial charge in [-0.1, -0.05) is 42.5 Å². The van der Waals surface area contributed by atoms with E-state index >= 15 is 0 Å². The molecule has 2 aromatic carbocycles. The molecule has 5 heterocycles. The number of hydrogen-bond acceptors (Lipinski definition) is 4. The molecule has 0 aliphatic carbocycles. The number of nitrogens with zero attached hydrogens (tertiary/aromatic N) is 4. The molecule has 4 aromatic rings. The molecule has 3 aliphatic heterocycles. The summed E-state index contributed by atoms with van der Waals surface area (Å²) in [7, 11) is 2.14. The third-order valence-corrected chi connectivity index (χ3v) is 8.86. The lowest BCUT2D eigenvalue weighted by Gasteiger charge is -2.43. The first-order valence-electron chi connectivity index (χ1n) is 14.0. The smallest absolute Gasteiger partial charge is 0.258 e. The second-order valence-electron chi connectivity index (χ2n) is 11.4. The van der Waals surface area contributed by atoms with Crippen molar-refractivity contribution >= 4 is 10.9 Å². The molecule has 2 bridgehead atoms. The highest BCUT2D eigenvalue weighted by Gasteiger charge is 2.35. The molecule has 196 valence electrons. The minimum Gasteiger partial charge on any atom is -0.379 e. The van der Waals surface area contributed by atoms with E-state index in [-0.39, 0.29) is 5.56 Å². The van der Waals surface area contributed by atoms with Gasteiger partial charge in [0, 0.05) is 87.1 Å². The Balaban J connectivity index is 1.15. The second-order valence-corrected chi connectivity index (χ2v) is 11.4.